The van der Waals surface area contributed by atoms with E-state index in [0.29, 0.717) is 36.3 Å². The number of hydrogen-bond acceptors (Lipinski definition) is 4. The van der Waals surface area contributed by atoms with Gasteiger partial charge in [0.25, 0.3) is 0 Å². The van der Waals surface area contributed by atoms with Crippen LogP contribution >= 0.6 is 11.6 Å². The summed E-state index contributed by atoms with van der Waals surface area (Å²) < 4.78 is 11.2. The number of aliphatic hydroxyl groups is 1. The molecule has 1 aliphatic heterocycles. The second kappa shape index (κ2) is 9.66. The van der Waals surface area contributed by atoms with Crippen LogP contribution in [0.2, 0.25) is 5.02 Å². The molecule has 0 aromatic heterocycles. The lowest BCUT2D eigenvalue weighted by Crippen LogP contribution is -2.38. The maximum Gasteiger partial charge on any atom is 0.194 e. The van der Waals surface area contributed by atoms with Crippen LogP contribution in [-0.4, -0.2) is 49.3 Å². The summed E-state index contributed by atoms with van der Waals surface area (Å²) in [6.45, 7) is 4.75. The van der Waals surface area contributed by atoms with Crippen LogP contribution in [0.5, 0.6) is 11.5 Å². The fourth-order valence-corrected chi connectivity index (χ4v) is 3.28. The van der Waals surface area contributed by atoms with Crippen LogP contribution < -0.4 is 14.8 Å². The smallest absolute Gasteiger partial charge is 0.194 e. The number of aliphatic imine (C=N–C) groups is 1. The summed E-state index contributed by atoms with van der Waals surface area (Å²) in [5.41, 5.74) is 1.77. The topological polar surface area (TPSA) is 66.3 Å². The van der Waals surface area contributed by atoms with Gasteiger partial charge in [-0.25, -0.2) is 0 Å². The number of nitrogens with zero attached hydrogens (tertiary/aromatic N) is 2. The van der Waals surface area contributed by atoms with Gasteiger partial charge in [0.1, 0.15) is 19.3 Å². The van der Waals surface area contributed by atoms with E-state index in [0.717, 1.165) is 23.6 Å². The Kier molecular flexibility index (Phi) is 7.01. The first-order valence-electron chi connectivity index (χ1n) is 9.39. The number of rotatable bonds is 6. The van der Waals surface area contributed by atoms with Crippen molar-refractivity contribution in [2.24, 2.45) is 4.99 Å². The van der Waals surface area contributed by atoms with Crippen molar-refractivity contribution in [3.63, 3.8) is 0 Å². The minimum Gasteiger partial charge on any atom is -0.486 e. The zero-order valence-electron chi connectivity index (χ0n) is 16.2. The first-order chi connectivity index (χ1) is 13.6. The molecule has 0 bridgehead atoms. The summed E-state index contributed by atoms with van der Waals surface area (Å²) in [7, 11) is 1.96. The number of benzene rings is 2. The van der Waals surface area contributed by atoms with Gasteiger partial charge in [-0.3, -0.25) is 4.99 Å². The SMILES string of the molecule is CCNC(=NCC(O)c1ccccc1Cl)N(C)Cc1ccc2c(c1)OCCO2. The van der Waals surface area contributed by atoms with Gasteiger partial charge in [0.2, 0.25) is 0 Å². The number of aliphatic hydroxyl groups excluding tert-OH is 1. The molecule has 28 heavy (non-hydrogen) atoms. The number of halogens is 1. The Balaban J connectivity index is 1.68. The van der Waals surface area contributed by atoms with Gasteiger partial charge < -0.3 is 24.8 Å². The van der Waals surface area contributed by atoms with Crippen molar-refractivity contribution in [1.29, 1.82) is 0 Å². The Morgan fingerprint density at radius 1 is 1.21 bits per heavy atom. The molecule has 1 aliphatic rings. The molecule has 3 rings (SSSR count). The lowest BCUT2D eigenvalue weighted by atomic mass is 10.1. The Morgan fingerprint density at radius 2 is 1.96 bits per heavy atom. The lowest BCUT2D eigenvalue weighted by Gasteiger charge is -2.24. The third kappa shape index (κ3) is 5.09. The van der Waals surface area contributed by atoms with Crippen molar-refractivity contribution in [3.05, 3.63) is 58.6 Å². The summed E-state index contributed by atoms with van der Waals surface area (Å²) in [4.78, 5) is 6.59. The fraction of sp³-hybridized carbons (Fsp3) is 0.381. The molecule has 150 valence electrons. The summed E-state index contributed by atoms with van der Waals surface area (Å²) in [5, 5.41) is 14.3. The van der Waals surface area contributed by atoms with E-state index in [9.17, 15) is 5.11 Å². The Hall–Kier alpha value is -2.44. The molecule has 1 atom stereocenters. The van der Waals surface area contributed by atoms with Crippen molar-refractivity contribution in [1.82, 2.24) is 10.2 Å². The molecule has 0 radical (unpaired) electrons. The van der Waals surface area contributed by atoms with Crippen LogP contribution in [0.4, 0.5) is 0 Å². The second-order valence-corrected chi connectivity index (χ2v) is 6.97. The maximum atomic E-state index is 10.5. The number of nitrogens with one attached hydrogen (secondary N) is 1. The molecule has 2 N–H and O–H groups in total. The average molecular weight is 404 g/mol. The summed E-state index contributed by atoms with van der Waals surface area (Å²) in [5.74, 6) is 2.26. The minimum atomic E-state index is -0.759. The highest BCUT2D eigenvalue weighted by molar-refractivity contribution is 6.31. The van der Waals surface area contributed by atoms with Gasteiger partial charge in [-0.05, 0) is 30.7 Å². The number of guanidine groups is 1. The van der Waals surface area contributed by atoms with Gasteiger partial charge in [-0.1, -0.05) is 35.9 Å². The van der Waals surface area contributed by atoms with E-state index in [-0.39, 0.29) is 6.54 Å². The molecule has 7 heteroatoms. The Morgan fingerprint density at radius 3 is 2.71 bits per heavy atom. The minimum absolute atomic E-state index is 0.220. The first-order valence-corrected chi connectivity index (χ1v) is 9.76. The average Bonchev–Trinajstić information content (AvgIpc) is 2.71. The van der Waals surface area contributed by atoms with Crippen LogP contribution in [0.3, 0.4) is 0 Å². The number of fused-ring (bicyclic) bond motifs is 1. The standard InChI is InChI=1S/C21H26ClN3O3/c1-3-23-21(24-13-18(26)16-6-4-5-7-17(16)22)25(2)14-15-8-9-19-20(12-15)28-11-10-27-19/h4-9,12,18,26H,3,10-11,13-14H2,1-2H3,(H,23,24). The molecular weight excluding hydrogens is 378 g/mol. The van der Waals surface area contributed by atoms with E-state index in [2.05, 4.69) is 10.3 Å². The molecule has 1 unspecified atom stereocenters. The molecule has 2 aromatic carbocycles. The van der Waals surface area contributed by atoms with Crippen molar-refractivity contribution >= 4 is 17.6 Å². The zero-order chi connectivity index (χ0) is 19.9. The third-order valence-electron chi connectivity index (χ3n) is 4.40. The molecule has 1 heterocycles. The van der Waals surface area contributed by atoms with E-state index in [4.69, 9.17) is 21.1 Å². The zero-order valence-corrected chi connectivity index (χ0v) is 16.9. The van der Waals surface area contributed by atoms with Crippen molar-refractivity contribution in [3.8, 4) is 11.5 Å². The second-order valence-electron chi connectivity index (χ2n) is 6.57. The van der Waals surface area contributed by atoms with Crippen LogP contribution in [0.1, 0.15) is 24.2 Å². The van der Waals surface area contributed by atoms with Crippen LogP contribution in [0.15, 0.2) is 47.5 Å². The highest BCUT2D eigenvalue weighted by Gasteiger charge is 2.15. The van der Waals surface area contributed by atoms with Crippen molar-refractivity contribution in [2.75, 3.05) is 33.4 Å². The van der Waals surface area contributed by atoms with Crippen LogP contribution in [0, 0.1) is 0 Å². The quantitative estimate of drug-likeness (QED) is 0.572. The van der Waals surface area contributed by atoms with E-state index >= 15 is 0 Å². The van der Waals surface area contributed by atoms with Gasteiger partial charge >= 0.3 is 0 Å². The molecule has 0 fully saturated rings. The summed E-state index contributed by atoms with van der Waals surface area (Å²) >= 11 is 6.17. The molecule has 0 amide bonds. The largest absolute Gasteiger partial charge is 0.486 e. The first kappa shape index (κ1) is 20.3. The van der Waals surface area contributed by atoms with Crippen LogP contribution in [0.25, 0.3) is 0 Å². The van der Waals surface area contributed by atoms with Gasteiger partial charge in [-0.15, -0.1) is 0 Å². The summed E-state index contributed by atoms with van der Waals surface area (Å²) in [6.07, 6.45) is -0.759. The molecule has 2 aromatic rings. The van der Waals surface area contributed by atoms with Crippen LogP contribution in [-0.2, 0) is 6.54 Å². The van der Waals surface area contributed by atoms with Gasteiger partial charge in [0.05, 0.1) is 6.54 Å². The highest BCUT2D eigenvalue weighted by Crippen LogP contribution is 2.31. The maximum absolute atomic E-state index is 10.5. The van der Waals surface area contributed by atoms with E-state index < -0.39 is 6.10 Å². The molecule has 0 aliphatic carbocycles. The predicted octanol–water partition coefficient (Wildman–Crippen LogP) is 3.24. The van der Waals surface area contributed by atoms with Crippen molar-refractivity contribution < 1.29 is 14.6 Å². The van der Waals surface area contributed by atoms with Gasteiger partial charge in [-0.2, -0.15) is 0 Å². The van der Waals surface area contributed by atoms with Gasteiger partial charge in [0, 0.05) is 30.7 Å². The monoisotopic (exact) mass is 403 g/mol. The normalized spacial score (nSPS) is 14.5. The predicted molar refractivity (Wildman–Crippen MR) is 111 cm³/mol. The number of ether oxygens (including phenoxy) is 2. The summed E-state index contributed by atoms with van der Waals surface area (Å²) in [6, 6.07) is 13.2. The van der Waals surface area contributed by atoms with Crippen molar-refractivity contribution in [2.45, 2.75) is 19.6 Å². The lowest BCUT2D eigenvalue weighted by molar-refractivity contribution is 0.171. The molecular formula is C21H26ClN3O3. The fourth-order valence-electron chi connectivity index (χ4n) is 3.02. The van der Waals surface area contributed by atoms with E-state index in [1.807, 2.05) is 55.3 Å². The molecule has 0 saturated heterocycles. The molecule has 6 nitrogen and oxygen atoms in total. The van der Waals surface area contributed by atoms with Gasteiger partial charge in [0.15, 0.2) is 17.5 Å². The van der Waals surface area contributed by atoms with E-state index in [1.54, 1.807) is 6.07 Å². The van der Waals surface area contributed by atoms with E-state index in [1.165, 1.54) is 0 Å². The highest BCUT2D eigenvalue weighted by atomic mass is 35.5. The third-order valence-corrected chi connectivity index (χ3v) is 4.75. The molecule has 0 spiro atoms. The Labute approximate surface area is 170 Å². The molecule has 0 saturated carbocycles. The Bertz CT molecular complexity index is 828. The number of hydrogen-bond donors (Lipinski definition) is 2.